The number of urea groups is 1. The van der Waals surface area contributed by atoms with Crippen molar-refractivity contribution in [1.82, 2.24) is 4.90 Å². The molecule has 0 heterocycles. The number of nitrogens with zero attached hydrogens (tertiary/aromatic N) is 1. The zero-order valence-electron chi connectivity index (χ0n) is 17.0. The van der Waals surface area contributed by atoms with E-state index >= 15 is 0 Å². The lowest BCUT2D eigenvalue weighted by Gasteiger charge is -2.17. The Morgan fingerprint density at radius 1 is 0.692 bits per heavy atom. The van der Waals surface area contributed by atoms with Crippen LogP contribution in [-0.4, -0.2) is 35.1 Å². The second kappa shape index (κ2) is 18.5. The normalized spacial score (nSPS) is 10.8. The highest BCUT2D eigenvalue weighted by Crippen LogP contribution is 2.13. The lowest BCUT2D eigenvalue weighted by Crippen LogP contribution is -2.40. The molecule has 2 amide bonds. The van der Waals surface area contributed by atoms with Crippen molar-refractivity contribution in [3.63, 3.8) is 0 Å². The summed E-state index contributed by atoms with van der Waals surface area (Å²) in [5.74, 6) is -1.01. The Kier molecular flexibility index (Phi) is 17.6. The van der Waals surface area contributed by atoms with Crippen LogP contribution in [-0.2, 0) is 4.79 Å². The summed E-state index contributed by atoms with van der Waals surface area (Å²) in [4.78, 5) is 22.9. The molecule has 0 spiro atoms. The van der Waals surface area contributed by atoms with Gasteiger partial charge in [-0.1, -0.05) is 103 Å². The minimum atomic E-state index is -1.01. The predicted octanol–water partition coefficient (Wildman–Crippen LogP) is 5.71. The third-order valence-electron chi connectivity index (χ3n) is 4.92. The molecule has 3 N–H and O–H groups in total. The fourth-order valence-corrected chi connectivity index (χ4v) is 3.28. The molecule has 0 aliphatic carbocycles. The van der Waals surface area contributed by atoms with Gasteiger partial charge >= 0.3 is 12.0 Å². The van der Waals surface area contributed by atoms with Crippen LogP contribution < -0.4 is 5.73 Å². The molecule has 0 aliphatic rings. The molecule has 5 nitrogen and oxygen atoms in total. The first-order valence-corrected chi connectivity index (χ1v) is 10.8. The first-order valence-electron chi connectivity index (χ1n) is 10.8. The van der Waals surface area contributed by atoms with Gasteiger partial charge in [0.1, 0.15) is 6.54 Å². The minimum absolute atomic E-state index is 0.298. The van der Waals surface area contributed by atoms with Gasteiger partial charge in [-0.2, -0.15) is 0 Å². The maximum absolute atomic E-state index is 11.1. The summed E-state index contributed by atoms with van der Waals surface area (Å²) >= 11 is 0. The summed E-state index contributed by atoms with van der Waals surface area (Å²) in [7, 11) is 0. The molecule has 0 aromatic rings. The Morgan fingerprint density at radius 2 is 1.04 bits per heavy atom. The molecule has 0 saturated carbocycles. The molecular weight excluding hydrogens is 328 g/mol. The molecule has 26 heavy (non-hydrogen) atoms. The van der Waals surface area contributed by atoms with Gasteiger partial charge in [-0.15, -0.1) is 0 Å². The van der Waals surface area contributed by atoms with Crippen molar-refractivity contribution < 1.29 is 14.7 Å². The van der Waals surface area contributed by atoms with Crippen molar-refractivity contribution in [3.8, 4) is 0 Å². The molecule has 0 saturated heterocycles. The van der Waals surface area contributed by atoms with E-state index in [1.807, 2.05) is 0 Å². The van der Waals surface area contributed by atoms with Crippen LogP contribution in [0, 0.1) is 0 Å². The Labute approximate surface area is 160 Å². The lowest BCUT2D eigenvalue weighted by atomic mass is 10.0. The van der Waals surface area contributed by atoms with Crippen LogP contribution in [0.3, 0.4) is 0 Å². The van der Waals surface area contributed by atoms with Gasteiger partial charge in [0.25, 0.3) is 0 Å². The van der Waals surface area contributed by atoms with Gasteiger partial charge in [0.15, 0.2) is 0 Å². The number of carbonyl (C=O) groups is 2. The molecule has 0 rings (SSSR count). The van der Waals surface area contributed by atoms with E-state index in [0.717, 1.165) is 19.3 Å². The number of carbonyl (C=O) groups excluding carboxylic acids is 1. The Morgan fingerprint density at radius 3 is 1.35 bits per heavy atom. The highest BCUT2D eigenvalue weighted by Gasteiger charge is 2.12. The van der Waals surface area contributed by atoms with E-state index in [2.05, 4.69) is 6.92 Å². The number of hydrogen-bond acceptors (Lipinski definition) is 2. The van der Waals surface area contributed by atoms with E-state index in [9.17, 15) is 9.59 Å². The molecule has 154 valence electrons. The van der Waals surface area contributed by atoms with Crippen LogP contribution in [0.4, 0.5) is 4.79 Å². The third kappa shape index (κ3) is 17.6. The number of nitrogens with two attached hydrogens (primary N) is 1. The second-order valence-corrected chi connectivity index (χ2v) is 7.46. The molecule has 0 unspecified atom stereocenters. The van der Waals surface area contributed by atoms with Gasteiger partial charge in [0.05, 0.1) is 0 Å². The largest absolute Gasteiger partial charge is 0.480 e. The molecule has 5 heteroatoms. The van der Waals surface area contributed by atoms with Crippen LogP contribution in [0.15, 0.2) is 0 Å². The fraction of sp³-hybridized carbons (Fsp3) is 0.905. The molecule has 0 radical (unpaired) electrons. The Bertz CT molecular complexity index is 348. The molecule has 0 bridgehead atoms. The monoisotopic (exact) mass is 370 g/mol. The Hall–Kier alpha value is -1.26. The van der Waals surface area contributed by atoms with Crippen molar-refractivity contribution in [2.45, 2.75) is 110 Å². The number of hydrogen-bond donors (Lipinski definition) is 2. The maximum atomic E-state index is 11.1. The zero-order chi connectivity index (χ0) is 19.5. The van der Waals surface area contributed by atoms with E-state index in [1.165, 1.54) is 88.4 Å². The van der Waals surface area contributed by atoms with E-state index in [1.54, 1.807) is 0 Å². The number of unbranched alkanes of at least 4 members (excludes halogenated alkanes) is 15. The standard InChI is InChI=1S/C21H42N2O3/c1-2-3-4-5-6-7-8-9-10-11-12-13-14-15-16-17-18-23(21(22)26)19-20(24)25/h2-19H2,1H3,(H2,22,26)(H,24,25). The SMILES string of the molecule is CCCCCCCCCCCCCCCCCCN(CC(=O)O)C(N)=O. The van der Waals surface area contributed by atoms with Crippen LogP contribution in [0.1, 0.15) is 110 Å². The van der Waals surface area contributed by atoms with Crippen molar-refractivity contribution >= 4 is 12.0 Å². The predicted molar refractivity (Wildman–Crippen MR) is 108 cm³/mol. The molecule has 0 aliphatic heterocycles. The molecule has 0 aromatic carbocycles. The first-order chi connectivity index (χ1) is 12.6. The highest BCUT2D eigenvalue weighted by molar-refractivity contribution is 5.78. The average Bonchev–Trinajstić information content (AvgIpc) is 2.59. The second-order valence-electron chi connectivity index (χ2n) is 7.46. The Balaban J connectivity index is 3.26. The van der Waals surface area contributed by atoms with Gasteiger partial charge in [0, 0.05) is 6.54 Å². The summed E-state index contributed by atoms with van der Waals surface area (Å²) in [5, 5.41) is 8.72. The van der Waals surface area contributed by atoms with Gasteiger partial charge in [0.2, 0.25) is 0 Å². The summed E-state index contributed by atoms with van der Waals surface area (Å²) in [6.45, 7) is 2.41. The van der Waals surface area contributed by atoms with Gasteiger partial charge < -0.3 is 15.7 Å². The van der Waals surface area contributed by atoms with Gasteiger partial charge in [-0.3, -0.25) is 4.79 Å². The molecular formula is C21H42N2O3. The number of amides is 2. The maximum Gasteiger partial charge on any atom is 0.323 e. The highest BCUT2D eigenvalue weighted by atomic mass is 16.4. The molecule has 0 aromatic heterocycles. The summed E-state index contributed by atoms with van der Waals surface area (Å²) in [5.41, 5.74) is 5.18. The van der Waals surface area contributed by atoms with Crippen molar-refractivity contribution in [3.05, 3.63) is 0 Å². The minimum Gasteiger partial charge on any atom is -0.480 e. The fourth-order valence-electron chi connectivity index (χ4n) is 3.28. The van der Waals surface area contributed by atoms with Crippen LogP contribution in [0.5, 0.6) is 0 Å². The van der Waals surface area contributed by atoms with Gasteiger partial charge in [-0.05, 0) is 6.42 Å². The van der Waals surface area contributed by atoms with Crippen molar-refractivity contribution in [1.29, 1.82) is 0 Å². The summed E-state index contributed by atoms with van der Waals surface area (Å²) < 4.78 is 0. The summed E-state index contributed by atoms with van der Waals surface area (Å²) in [6, 6.07) is -0.645. The van der Waals surface area contributed by atoms with Crippen LogP contribution in [0.2, 0.25) is 0 Å². The first kappa shape index (κ1) is 24.7. The summed E-state index contributed by atoms with van der Waals surface area (Å²) in [6.07, 6.45) is 20.7. The van der Waals surface area contributed by atoms with E-state index in [4.69, 9.17) is 10.8 Å². The molecule has 0 fully saturated rings. The number of primary amides is 1. The van der Waals surface area contributed by atoms with E-state index < -0.39 is 12.0 Å². The smallest absolute Gasteiger partial charge is 0.323 e. The molecule has 0 atom stereocenters. The lowest BCUT2D eigenvalue weighted by molar-refractivity contribution is -0.137. The number of carboxylic acid groups (broad SMARTS) is 1. The van der Waals surface area contributed by atoms with E-state index in [0.29, 0.717) is 6.54 Å². The number of carboxylic acids is 1. The number of rotatable bonds is 19. The zero-order valence-corrected chi connectivity index (χ0v) is 17.0. The quantitative estimate of drug-likeness (QED) is 0.285. The van der Waals surface area contributed by atoms with Crippen LogP contribution >= 0.6 is 0 Å². The van der Waals surface area contributed by atoms with Crippen molar-refractivity contribution in [2.75, 3.05) is 13.1 Å². The van der Waals surface area contributed by atoms with Crippen molar-refractivity contribution in [2.24, 2.45) is 5.73 Å². The van der Waals surface area contributed by atoms with Crippen LogP contribution in [0.25, 0.3) is 0 Å². The number of aliphatic carboxylic acids is 1. The average molecular weight is 371 g/mol. The third-order valence-corrected chi connectivity index (χ3v) is 4.92. The topological polar surface area (TPSA) is 83.6 Å². The van der Waals surface area contributed by atoms with E-state index in [-0.39, 0.29) is 6.54 Å². The van der Waals surface area contributed by atoms with Gasteiger partial charge in [-0.25, -0.2) is 4.79 Å².